The molecule has 1 N–H and O–H groups in total. The third-order valence-electron chi connectivity index (χ3n) is 3.34. The molecule has 0 aromatic carbocycles. The molecule has 2 aromatic heterocycles. The van der Waals surface area contributed by atoms with E-state index < -0.39 is 0 Å². The molecule has 0 atom stereocenters. The number of hydrogen-bond acceptors (Lipinski definition) is 3. The number of hydrogen-bond donors (Lipinski definition) is 1. The van der Waals surface area contributed by atoms with Gasteiger partial charge in [-0.2, -0.15) is 0 Å². The second kappa shape index (κ2) is 5.17. The van der Waals surface area contributed by atoms with E-state index in [1.165, 1.54) is 24.1 Å². The highest BCUT2D eigenvalue weighted by atomic mass is 15.0. The van der Waals surface area contributed by atoms with Gasteiger partial charge < -0.3 is 5.32 Å². The number of anilines is 1. The Morgan fingerprint density at radius 3 is 3.00 bits per heavy atom. The molecular weight excluding hydrogens is 222 g/mol. The number of fused-ring (bicyclic) bond motifs is 1. The van der Waals surface area contributed by atoms with Gasteiger partial charge in [-0.1, -0.05) is 12.1 Å². The maximum atomic E-state index is 4.65. The van der Waals surface area contributed by atoms with E-state index in [9.17, 15) is 0 Å². The van der Waals surface area contributed by atoms with E-state index in [0.717, 1.165) is 30.9 Å². The molecule has 0 saturated heterocycles. The number of rotatable bonds is 4. The van der Waals surface area contributed by atoms with Crippen LogP contribution in [0.4, 0.5) is 5.82 Å². The van der Waals surface area contributed by atoms with Gasteiger partial charge in [-0.05, 0) is 43.0 Å². The Labute approximate surface area is 107 Å². The summed E-state index contributed by atoms with van der Waals surface area (Å²) in [6.07, 6.45) is 6.34. The average Bonchev–Trinajstić information content (AvgIpc) is 2.87. The summed E-state index contributed by atoms with van der Waals surface area (Å²) < 4.78 is 0. The van der Waals surface area contributed by atoms with Crippen LogP contribution in [0.5, 0.6) is 0 Å². The second-order valence-electron chi connectivity index (χ2n) is 4.65. The Balaban J connectivity index is 1.57. The van der Waals surface area contributed by atoms with Gasteiger partial charge in [-0.3, -0.25) is 4.98 Å². The largest absolute Gasteiger partial charge is 0.370 e. The lowest BCUT2D eigenvalue weighted by atomic mass is 10.2. The van der Waals surface area contributed by atoms with Crippen LogP contribution in [0, 0.1) is 0 Å². The van der Waals surface area contributed by atoms with Crippen LogP contribution in [-0.4, -0.2) is 16.5 Å². The van der Waals surface area contributed by atoms with Crippen LogP contribution in [0.2, 0.25) is 0 Å². The van der Waals surface area contributed by atoms with E-state index in [2.05, 4.69) is 33.5 Å². The predicted molar refractivity (Wildman–Crippen MR) is 72.7 cm³/mol. The Kier molecular flexibility index (Phi) is 3.22. The third-order valence-corrected chi connectivity index (χ3v) is 3.34. The zero-order chi connectivity index (χ0) is 12.2. The first kappa shape index (κ1) is 11.2. The molecule has 0 fully saturated rings. The lowest BCUT2D eigenvalue weighted by molar-refractivity contribution is 0.897. The van der Waals surface area contributed by atoms with Crippen molar-refractivity contribution in [2.75, 3.05) is 11.9 Å². The van der Waals surface area contributed by atoms with Crippen LogP contribution >= 0.6 is 0 Å². The number of aryl methyl sites for hydroxylation is 2. The lowest BCUT2D eigenvalue weighted by Gasteiger charge is -2.07. The first-order valence-corrected chi connectivity index (χ1v) is 6.54. The summed E-state index contributed by atoms with van der Waals surface area (Å²) in [5.41, 5.74) is 3.81. The normalized spacial score (nSPS) is 13.3. The second-order valence-corrected chi connectivity index (χ2v) is 4.65. The minimum Gasteiger partial charge on any atom is -0.370 e. The Morgan fingerprint density at radius 2 is 2.11 bits per heavy atom. The fraction of sp³-hybridized carbons (Fsp3) is 0.333. The molecule has 0 saturated carbocycles. The molecule has 0 unspecified atom stereocenters. The summed E-state index contributed by atoms with van der Waals surface area (Å²) in [4.78, 5) is 8.96. The number of nitrogens with zero attached hydrogens (tertiary/aromatic N) is 2. The predicted octanol–water partition coefficient (Wildman–Crippen LogP) is 2.62. The van der Waals surface area contributed by atoms with Gasteiger partial charge in [0.15, 0.2) is 0 Å². The summed E-state index contributed by atoms with van der Waals surface area (Å²) in [5, 5.41) is 3.37. The van der Waals surface area contributed by atoms with Gasteiger partial charge in [0.25, 0.3) is 0 Å². The van der Waals surface area contributed by atoms with Crippen LogP contribution in [0.25, 0.3) is 0 Å². The number of pyridine rings is 2. The highest BCUT2D eigenvalue weighted by molar-refractivity contribution is 5.40. The molecule has 3 nitrogen and oxygen atoms in total. The Morgan fingerprint density at radius 1 is 1.11 bits per heavy atom. The van der Waals surface area contributed by atoms with Crippen molar-refractivity contribution in [1.82, 2.24) is 9.97 Å². The molecule has 2 heterocycles. The minimum absolute atomic E-state index is 0.878. The first-order valence-electron chi connectivity index (χ1n) is 6.54. The van der Waals surface area contributed by atoms with Gasteiger partial charge in [0.05, 0.1) is 0 Å². The van der Waals surface area contributed by atoms with Crippen molar-refractivity contribution < 1.29 is 0 Å². The number of aromatic nitrogens is 2. The summed E-state index contributed by atoms with van der Waals surface area (Å²) in [6, 6.07) is 10.3. The highest BCUT2D eigenvalue weighted by Crippen LogP contribution is 2.21. The standard InChI is InChI=1S/C15H17N3/c1-2-10-16-13(5-1)9-11-17-15-8-7-12-4-3-6-14(12)18-15/h1-2,5,7-8,10H,3-4,6,9,11H2,(H,17,18). The van der Waals surface area contributed by atoms with Crippen LogP contribution in [-0.2, 0) is 19.3 Å². The van der Waals surface area contributed by atoms with Crippen molar-refractivity contribution in [2.45, 2.75) is 25.7 Å². The van der Waals surface area contributed by atoms with E-state index in [-0.39, 0.29) is 0 Å². The van der Waals surface area contributed by atoms with Gasteiger partial charge in [0.1, 0.15) is 5.82 Å². The molecule has 0 aliphatic heterocycles. The van der Waals surface area contributed by atoms with E-state index in [0.29, 0.717) is 0 Å². The quantitative estimate of drug-likeness (QED) is 0.891. The molecular formula is C15H17N3. The molecule has 0 radical (unpaired) electrons. The SMILES string of the molecule is c1ccc(CCNc2ccc3c(n2)CCC3)nc1. The van der Waals surface area contributed by atoms with Gasteiger partial charge in [0, 0.05) is 30.6 Å². The Bertz CT molecular complexity index is 523. The first-order chi connectivity index (χ1) is 8.92. The molecule has 0 bridgehead atoms. The third kappa shape index (κ3) is 2.50. The fourth-order valence-corrected chi connectivity index (χ4v) is 2.38. The van der Waals surface area contributed by atoms with Gasteiger partial charge in [-0.15, -0.1) is 0 Å². The van der Waals surface area contributed by atoms with Crippen LogP contribution in [0.15, 0.2) is 36.5 Å². The molecule has 3 rings (SSSR count). The molecule has 18 heavy (non-hydrogen) atoms. The minimum atomic E-state index is 0.878. The summed E-state index contributed by atoms with van der Waals surface area (Å²) in [7, 11) is 0. The van der Waals surface area contributed by atoms with Crippen molar-refractivity contribution in [2.24, 2.45) is 0 Å². The van der Waals surface area contributed by atoms with Crippen molar-refractivity contribution in [1.29, 1.82) is 0 Å². The van der Waals surface area contributed by atoms with Crippen molar-refractivity contribution in [3.8, 4) is 0 Å². The lowest BCUT2D eigenvalue weighted by Crippen LogP contribution is -2.07. The molecule has 92 valence electrons. The average molecular weight is 239 g/mol. The molecule has 3 heteroatoms. The molecule has 2 aromatic rings. The zero-order valence-corrected chi connectivity index (χ0v) is 10.4. The summed E-state index contributed by atoms with van der Waals surface area (Å²) in [5.74, 6) is 0.992. The van der Waals surface area contributed by atoms with Gasteiger partial charge in [-0.25, -0.2) is 4.98 Å². The smallest absolute Gasteiger partial charge is 0.126 e. The topological polar surface area (TPSA) is 37.8 Å². The zero-order valence-electron chi connectivity index (χ0n) is 10.4. The molecule has 0 amide bonds. The molecule has 1 aliphatic carbocycles. The van der Waals surface area contributed by atoms with Gasteiger partial charge in [0.2, 0.25) is 0 Å². The maximum Gasteiger partial charge on any atom is 0.126 e. The monoisotopic (exact) mass is 239 g/mol. The number of nitrogens with one attached hydrogen (secondary N) is 1. The van der Waals surface area contributed by atoms with Crippen molar-refractivity contribution in [3.05, 3.63) is 53.5 Å². The molecule has 1 aliphatic rings. The highest BCUT2D eigenvalue weighted by Gasteiger charge is 2.11. The Hall–Kier alpha value is -1.90. The maximum absolute atomic E-state index is 4.65. The van der Waals surface area contributed by atoms with E-state index in [1.807, 2.05) is 18.3 Å². The fourth-order valence-electron chi connectivity index (χ4n) is 2.38. The van der Waals surface area contributed by atoms with Crippen molar-refractivity contribution in [3.63, 3.8) is 0 Å². The van der Waals surface area contributed by atoms with Crippen LogP contribution in [0.3, 0.4) is 0 Å². The summed E-state index contributed by atoms with van der Waals surface area (Å²) in [6.45, 7) is 0.878. The van der Waals surface area contributed by atoms with E-state index in [4.69, 9.17) is 0 Å². The van der Waals surface area contributed by atoms with Crippen molar-refractivity contribution >= 4 is 5.82 Å². The van der Waals surface area contributed by atoms with E-state index in [1.54, 1.807) is 0 Å². The van der Waals surface area contributed by atoms with Gasteiger partial charge >= 0.3 is 0 Å². The molecule has 0 spiro atoms. The van der Waals surface area contributed by atoms with Crippen LogP contribution in [0.1, 0.15) is 23.4 Å². The summed E-state index contributed by atoms with van der Waals surface area (Å²) >= 11 is 0. The van der Waals surface area contributed by atoms with Crippen LogP contribution < -0.4 is 5.32 Å². The van der Waals surface area contributed by atoms with E-state index >= 15 is 0 Å².